The Labute approximate surface area is 128 Å². The number of ether oxygens (including phenoxy) is 1. The predicted molar refractivity (Wildman–Crippen MR) is 77.2 cm³/mol. The molecule has 0 bridgehead atoms. The minimum Gasteiger partial charge on any atom is -0.445 e. The first kappa shape index (κ1) is 15.8. The van der Waals surface area contributed by atoms with Gasteiger partial charge >= 0.3 is 6.09 Å². The van der Waals surface area contributed by atoms with Crippen molar-refractivity contribution in [3.05, 3.63) is 46.0 Å². The molecular weight excluding hydrogens is 286 g/mol. The van der Waals surface area contributed by atoms with Gasteiger partial charge in [0, 0.05) is 23.3 Å². The van der Waals surface area contributed by atoms with Gasteiger partial charge in [0.05, 0.1) is 6.07 Å². The molecule has 1 aliphatic rings. The van der Waals surface area contributed by atoms with Gasteiger partial charge in [-0.05, 0) is 5.56 Å². The van der Waals surface area contributed by atoms with Crippen LogP contribution in [0.4, 0.5) is 4.79 Å². The van der Waals surface area contributed by atoms with Crippen molar-refractivity contribution in [2.24, 2.45) is 11.8 Å². The molecular formula is C15H17N3O4. The smallest absolute Gasteiger partial charge is 0.411 e. The van der Waals surface area contributed by atoms with E-state index in [-0.39, 0.29) is 31.5 Å². The van der Waals surface area contributed by atoms with Crippen LogP contribution < -0.4 is 0 Å². The highest BCUT2D eigenvalue weighted by Crippen LogP contribution is 2.30. The summed E-state index contributed by atoms with van der Waals surface area (Å²) in [6, 6.07) is 10.6. The SMILES string of the molecule is C[C@H]1C(C#N)N(C(=O)OCc2ccccc2)C[C@H]1C[N+](=O)[O-]. The van der Waals surface area contributed by atoms with E-state index in [1.807, 2.05) is 36.4 Å². The average molecular weight is 303 g/mol. The third kappa shape index (κ3) is 3.52. The average Bonchev–Trinajstić information content (AvgIpc) is 2.81. The number of likely N-dealkylation sites (tertiary alicyclic amines) is 1. The zero-order chi connectivity index (χ0) is 16.1. The second-order valence-electron chi connectivity index (χ2n) is 5.40. The van der Waals surface area contributed by atoms with Crippen LogP contribution in [-0.2, 0) is 11.3 Å². The minimum atomic E-state index is -0.687. The predicted octanol–water partition coefficient (Wildman–Crippen LogP) is 2.06. The van der Waals surface area contributed by atoms with Crippen LogP contribution in [-0.4, -0.2) is 35.0 Å². The lowest BCUT2D eigenvalue weighted by Gasteiger charge is -2.20. The third-order valence-corrected chi connectivity index (χ3v) is 3.96. The Morgan fingerprint density at radius 2 is 2.18 bits per heavy atom. The zero-order valence-electron chi connectivity index (χ0n) is 12.2. The molecule has 0 aromatic heterocycles. The number of carbonyl (C=O) groups is 1. The van der Waals surface area contributed by atoms with Gasteiger partial charge in [-0.1, -0.05) is 37.3 Å². The summed E-state index contributed by atoms with van der Waals surface area (Å²) in [4.78, 5) is 23.7. The molecule has 1 amide bonds. The van der Waals surface area contributed by atoms with Crippen LogP contribution in [0.1, 0.15) is 12.5 Å². The molecule has 0 spiro atoms. The van der Waals surface area contributed by atoms with E-state index < -0.39 is 17.1 Å². The van der Waals surface area contributed by atoms with Gasteiger partial charge in [-0.2, -0.15) is 5.26 Å². The van der Waals surface area contributed by atoms with Crippen molar-refractivity contribution in [2.75, 3.05) is 13.1 Å². The van der Waals surface area contributed by atoms with E-state index in [1.54, 1.807) is 6.92 Å². The van der Waals surface area contributed by atoms with Gasteiger partial charge in [-0.15, -0.1) is 0 Å². The van der Waals surface area contributed by atoms with Crippen LogP contribution in [0.25, 0.3) is 0 Å². The third-order valence-electron chi connectivity index (χ3n) is 3.96. The molecule has 22 heavy (non-hydrogen) atoms. The molecule has 0 N–H and O–H groups in total. The maximum Gasteiger partial charge on any atom is 0.411 e. The van der Waals surface area contributed by atoms with Crippen molar-refractivity contribution in [1.29, 1.82) is 5.26 Å². The molecule has 0 saturated carbocycles. The Morgan fingerprint density at radius 3 is 2.77 bits per heavy atom. The van der Waals surface area contributed by atoms with E-state index in [0.29, 0.717) is 0 Å². The monoisotopic (exact) mass is 303 g/mol. The highest BCUT2D eigenvalue weighted by Gasteiger charge is 2.44. The number of nitro groups is 1. The molecule has 0 radical (unpaired) electrons. The fraction of sp³-hybridized carbons (Fsp3) is 0.467. The van der Waals surface area contributed by atoms with Gasteiger partial charge in [0.25, 0.3) is 0 Å². The first-order chi connectivity index (χ1) is 10.5. The molecule has 1 aliphatic heterocycles. The normalized spacial score (nSPS) is 23.8. The van der Waals surface area contributed by atoms with Gasteiger partial charge in [0.2, 0.25) is 6.54 Å². The molecule has 1 fully saturated rings. The molecule has 2 rings (SSSR count). The fourth-order valence-electron chi connectivity index (χ4n) is 2.67. The number of amides is 1. The van der Waals surface area contributed by atoms with Gasteiger partial charge in [-0.25, -0.2) is 4.79 Å². The van der Waals surface area contributed by atoms with Crippen LogP contribution >= 0.6 is 0 Å². The van der Waals surface area contributed by atoms with Crippen LogP contribution in [0.15, 0.2) is 30.3 Å². The number of benzene rings is 1. The van der Waals surface area contributed by atoms with E-state index in [0.717, 1.165) is 5.56 Å². The quantitative estimate of drug-likeness (QED) is 0.626. The number of nitriles is 1. The first-order valence-corrected chi connectivity index (χ1v) is 7.01. The molecule has 1 aromatic rings. The van der Waals surface area contributed by atoms with Gasteiger partial charge < -0.3 is 4.74 Å². The van der Waals surface area contributed by atoms with Gasteiger partial charge in [0.15, 0.2) is 0 Å². The van der Waals surface area contributed by atoms with E-state index >= 15 is 0 Å². The van der Waals surface area contributed by atoms with Crippen LogP contribution in [0.3, 0.4) is 0 Å². The lowest BCUT2D eigenvalue weighted by molar-refractivity contribution is -0.488. The van der Waals surface area contributed by atoms with Crippen molar-refractivity contribution in [2.45, 2.75) is 19.6 Å². The Hall–Kier alpha value is -2.62. The zero-order valence-corrected chi connectivity index (χ0v) is 12.2. The van der Waals surface area contributed by atoms with E-state index in [4.69, 9.17) is 4.74 Å². The summed E-state index contributed by atoms with van der Waals surface area (Å²) in [5.41, 5.74) is 0.846. The Balaban J connectivity index is 1.99. The molecule has 7 heteroatoms. The molecule has 1 saturated heterocycles. The molecule has 1 heterocycles. The summed E-state index contributed by atoms with van der Waals surface area (Å²) in [7, 11) is 0. The van der Waals surface area contributed by atoms with Gasteiger partial charge in [0.1, 0.15) is 12.6 Å². The largest absolute Gasteiger partial charge is 0.445 e. The second kappa shape index (κ2) is 6.89. The van der Waals surface area contributed by atoms with E-state index in [9.17, 15) is 20.2 Å². The van der Waals surface area contributed by atoms with Crippen LogP contribution in [0.5, 0.6) is 0 Å². The minimum absolute atomic E-state index is 0.114. The summed E-state index contributed by atoms with van der Waals surface area (Å²) < 4.78 is 5.21. The Morgan fingerprint density at radius 1 is 1.50 bits per heavy atom. The van der Waals surface area contributed by atoms with E-state index in [2.05, 4.69) is 0 Å². The molecule has 1 aromatic carbocycles. The highest BCUT2D eigenvalue weighted by atomic mass is 16.6. The van der Waals surface area contributed by atoms with Crippen LogP contribution in [0, 0.1) is 33.3 Å². The Kier molecular flexibility index (Phi) is 4.94. The van der Waals surface area contributed by atoms with Crippen molar-refractivity contribution in [3.63, 3.8) is 0 Å². The maximum absolute atomic E-state index is 12.1. The topological polar surface area (TPSA) is 96.5 Å². The molecule has 0 aliphatic carbocycles. The number of carbonyl (C=O) groups excluding carboxylic acids is 1. The summed E-state index contributed by atoms with van der Waals surface area (Å²) in [5.74, 6) is -0.580. The number of hydrogen-bond acceptors (Lipinski definition) is 5. The first-order valence-electron chi connectivity index (χ1n) is 7.01. The number of hydrogen-bond donors (Lipinski definition) is 0. The van der Waals surface area contributed by atoms with Crippen molar-refractivity contribution >= 4 is 6.09 Å². The van der Waals surface area contributed by atoms with Crippen LogP contribution in [0.2, 0.25) is 0 Å². The molecule has 3 atom stereocenters. The standard InChI is InChI=1S/C15H17N3O4/c1-11-13(9-18(20)21)8-17(14(11)7-16)15(19)22-10-12-5-3-2-4-6-12/h2-6,11,13-14H,8-10H2,1H3/t11-,13+,14?/m1/s1. The second-order valence-corrected chi connectivity index (χ2v) is 5.40. The molecule has 7 nitrogen and oxygen atoms in total. The summed E-state index contributed by atoms with van der Waals surface area (Å²) >= 11 is 0. The highest BCUT2D eigenvalue weighted by molar-refractivity contribution is 5.69. The summed E-state index contributed by atoms with van der Waals surface area (Å²) in [6.45, 7) is 1.80. The van der Waals surface area contributed by atoms with E-state index in [1.165, 1.54) is 4.90 Å². The molecule has 116 valence electrons. The summed E-state index contributed by atoms with van der Waals surface area (Å²) in [5, 5.41) is 19.9. The van der Waals surface area contributed by atoms with Crippen molar-refractivity contribution in [3.8, 4) is 6.07 Å². The summed E-state index contributed by atoms with van der Waals surface area (Å²) in [6.07, 6.45) is -0.604. The number of nitrogens with zero attached hydrogens (tertiary/aromatic N) is 3. The lowest BCUT2D eigenvalue weighted by Crippen LogP contribution is -2.36. The number of rotatable bonds is 4. The maximum atomic E-state index is 12.1. The fourth-order valence-corrected chi connectivity index (χ4v) is 2.67. The van der Waals surface area contributed by atoms with Crippen molar-refractivity contribution in [1.82, 2.24) is 4.90 Å². The molecule has 1 unspecified atom stereocenters. The Bertz CT molecular complexity index is 584. The van der Waals surface area contributed by atoms with Crippen molar-refractivity contribution < 1.29 is 14.5 Å². The lowest BCUT2D eigenvalue weighted by atomic mass is 9.93. The van der Waals surface area contributed by atoms with Gasteiger partial charge in [-0.3, -0.25) is 15.0 Å².